The van der Waals surface area contributed by atoms with Crippen LogP contribution in [0.5, 0.6) is 0 Å². The van der Waals surface area contributed by atoms with E-state index >= 15 is 0 Å². The van der Waals surface area contributed by atoms with E-state index < -0.39 is 9.84 Å². The van der Waals surface area contributed by atoms with Gasteiger partial charge < -0.3 is 5.32 Å². The van der Waals surface area contributed by atoms with Crippen LogP contribution in [0.25, 0.3) is 10.8 Å². The summed E-state index contributed by atoms with van der Waals surface area (Å²) >= 11 is 0. The zero-order chi connectivity index (χ0) is 14.0. The number of nitrogens with one attached hydrogen (secondary N) is 1. The molecule has 4 heteroatoms. The summed E-state index contributed by atoms with van der Waals surface area (Å²) in [6, 6.07) is 14.5. The molecule has 1 fully saturated rings. The molecule has 20 heavy (non-hydrogen) atoms. The maximum atomic E-state index is 11.8. The van der Waals surface area contributed by atoms with Gasteiger partial charge in [0.1, 0.15) is 0 Å². The van der Waals surface area contributed by atoms with Crippen molar-refractivity contribution in [3.05, 3.63) is 48.0 Å². The number of benzene rings is 2. The van der Waals surface area contributed by atoms with Crippen LogP contribution in [0.1, 0.15) is 18.4 Å². The Morgan fingerprint density at radius 3 is 2.70 bits per heavy atom. The maximum Gasteiger partial charge on any atom is 0.154 e. The molecule has 0 radical (unpaired) electrons. The number of rotatable bonds is 4. The lowest BCUT2D eigenvalue weighted by molar-refractivity contribution is 0.574. The average molecular weight is 289 g/mol. The Morgan fingerprint density at radius 2 is 1.90 bits per heavy atom. The summed E-state index contributed by atoms with van der Waals surface area (Å²) in [5, 5.41) is 5.57. The van der Waals surface area contributed by atoms with Crippen molar-refractivity contribution in [2.45, 2.75) is 24.6 Å². The van der Waals surface area contributed by atoms with Crippen molar-refractivity contribution < 1.29 is 8.42 Å². The van der Waals surface area contributed by atoms with Crippen molar-refractivity contribution in [2.24, 2.45) is 0 Å². The molecule has 1 saturated heterocycles. The molecule has 0 bridgehead atoms. The Balaban J connectivity index is 1.69. The third-order valence-electron chi connectivity index (χ3n) is 4.03. The fourth-order valence-corrected chi connectivity index (χ4v) is 4.70. The predicted molar refractivity (Wildman–Crippen MR) is 82.5 cm³/mol. The fourth-order valence-electron chi connectivity index (χ4n) is 2.90. The predicted octanol–water partition coefficient (Wildman–Crippen LogP) is 2.51. The number of fused-ring (bicyclic) bond motifs is 1. The molecule has 1 heterocycles. The average Bonchev–Trinajstić information content (AvgIpc) is 2.78. The van der Waals surface area contributed by atoms with Gasteiger partial charge >= 0.3 is 0 Å². The van der Waals surface area contributed by atoms with Crippen LogP contribution in [0.4, 0.5) is 0 Å². The van der Waals surface area contributed by atoms with Crippen LogP contribution in [-0.2, 0) is 16.4 Å². The molecule has 1 unspecified atom stereocenters. The van der Waals surface area contributed by atoms with Crippen molar-refractivity contribution >= 4 is 20.6 Å². The summed E-state index contributed by atoms with van der Waals surface area (Å²) in [6.07, 6.45) is 1.60. The summed E-state index contributed by atoms with van der Waals surface area (Å²) < 4.78 is 23.6. The summed E-state index contributed by atoms with van der Waals surface area (Å²) in [7, 11) is -2.85. The van der Waals surface area contributed by atoms with Gasteiger partial charge in [-0.3, -0.25) is 0 Å². The first-order valence-electron chi connectivity index (χ1n) is 7.06. The molecule has 1 N–H and O–H groups in total. The lowest BCUT2D eigenvalue weighted by atomic mass is 10.0. The van der Waals surface area contributed by atoms with E-state index in [0.29, 0.717) is 18.8 Å². The second kappa shape index (κ2) is 5.54. The molecule has 2 aromatic carbocycles. The van der Waals surface area contributed by atoms with Crippen LogP contribution in [0.2, 0.25) is 0 Å². The van der Waals surface area contributed by atoms with E-state index in [1.807, 2.05) is 18.2 Å². The Labute approximate surface area is 119 Å². The first-order valence-corrected chi connectivity index (χ1v) is 8.77. The first-order chi connectivity index (χ1) is 9.67. The molecular weight excluding hydrogens is 270 g/mol. The summed E-state index contributed by atoms with van der Waals surface area (Å²) in [4.78, 5) is 0. The van der Waals surface area contributed by atoms with E-state index in [4.69, 9.17) is 0 Å². The Hall–Kier alpha value is -1.39. The molecule has 1 atom stereocenters. The van der Waals surface area contributed by atoms with E-state index in [9.17, 15) is 8.42 Å². The molecule has 2 aromatic rings. The Kier molecular flexibility index (Phi) is 3.76. The van der Waals surface area contributed by atoms with Crippen LogP contribution in [-0.4, -0.2) is 26.0 Å². The van der Waals surface area contributed by atoms with Gasteiger partial charge in [-0.15, -0.1) is 0 Å². The fraction of sp³-hybridized carbons (Fsp3) is 0.375. The highest BCUT2D eigenvalue weighted by molar-refractivity contribution is 7.92. The summed E-state index contributed by atoms with van der Waals surface area (Å²) in [6.45, 7) is 1.28. The first kappa shape index (κ1) is 13.6. The maximum absolute atomic E-state index is 11.8. The third-order valence-corrected chi connectivity index (χ3v) is 6.31. The molecule has 106 valence electrons. The molecule has 1 aliphatic heterocycles. The third kappa shape index (κ3) is 2.72. The standard InChI is InChI=1S/C16H19NO2S/c18-20(19)10-4-8-15(20)12-17-11-14-7-3-6-13-5-1-2-9-16(13)14/h1-3,5-7,9,15,17H,4,8,10-12H2. The Morgan fingerprint density at radius 1 is 1.10 bits per heavy atom. The van der Waals surface area contributed by atoms with Gasteiger partial charge in [0.05, 0.1) is 11.0 Å². The van der Waals surface area contributed by atoms with E-state index in [0.717, 1.165) is 12.8 Å². The molecule has 3 rings (SSSR count). The van der Waals surface area contributed by atoms with Gasteiger partial charge in [0.25, 0.3) is 0 Å². The van der Waals surface area contributed by atoms with Crippen molar-refractivity contribution in [3.63, 3.8) is 0 Å². The minimum atomic E-state index is -2.85. The molecule has 0 saturated carbocycles. The van der Waals surface area contributed by atoms with Crippen molar-refractivity contribution in [2.75, 3.05) is 12.3 Å². The molecule has 0 aliphatic carbocycles. The van der Waals surface area contributed by atoms with Crippen molar-refractivity contribution in [3.8, 4) is 0 Å². The largest absolute Gasteiger partial charge is 0.311 e. The van der Waals surface area contributed by atoms with Gasteiger partial charge in [0, 0.05) is 13.1 Å². The van der Waals surface area contributed by atoms with Crippen LogP contribution >= 0.6 is 0 Å². The van der Waals surface area contributed by atoms with E-state index in [2.05, 4.69) is 29.6 Å². The van der Waals surface area contributed by atoms with Gasteiger partial charge in [0.2, 0.25) is 0 Å². The lowest BCUT2D eigenvalue weighted by Gasteiger charge is -2.12. The van der Waals surface area contributed by atoms with E-state index in [1.165, 1.54) is 16.3 Å². The molecule has 1 aliphatic rings. The Bertz CT molecular complexity index is 704. The highest BCUT2D eigenvalue weighted by Crippen LogP contribution is 2.20. The molecule has 0 amide bonds. The molecule has 3 nitrogen and oxygen atoms in total. The normalized spacial score (nSPS) is 21.3. The van der Waals surface area contributed by atoms with Gasteiger partial charge in [-0.1, -0.05) is 42.5 Å². The van der Waals surface area contributed by atoms with E-state index in [1.54, 1.807) is 0 Å². The second-order valence-electron chi connectivity index (χ2n) is 5.40. The number of hydrogen-bond donors (Lipinski definition) is 1. The molecule has 0 spiro atoms. The van der Waals surface area contributed by atoms with Crippen LogP contribution < -0.4 is 5.32 Å². The summed E-state index contributed by atoms with van der Waals surface area (Å²) in [5.74, 6) is 0.355. The second-order valence-corrected chi connectivity index (χ2v) is 7.80. The van der Waals surface area contributed by atoms with Gasteiger partial charge in [-0.2, -0.15) is 0 Å². The minimum absolute atomic E-state index is 0.197. The highest BCUT2D eigenvalue weighted by Gasteiger charge is 2.30. The summed E-state index contributed by atoms with van der Waals surface area (Å²) in [5.41, 5.74) is 1.22. The van der Waals surface area contributed by atoms with Gasteiger partial charge in [-0.25, -0.2) is 8.42 Å². The van der Waals surface area contributed by atoms with Gasteiger partial charge in [0.15, 0.2) is 9.84 Å². The molecular formula is C16H19NO2S. The van der Waals surface area contributed by atoms with E-state index in [-0.39, 0.29) is 5.25 Å². The zero-order valence-corrected chi connectivity index (χ0v) is 12.2. The molecule has 0 aromatic heterocycles. The highest BCUT2D eigenvalue weighted by atomic mass is 32.2. The lowest BCUT2D eigenvalue weighted by Crippen LogP contribution is -2.30. The number of sulfone groups is 1. The van der Waals surface area contributed by atoms with Crippen LogP contribution in [0, 0.1) is 0 Å². The monoisotopic (exact) mass is 289 g/mol. The van der Waals surface area contributed by atoms with Crippen molar-refractivity contribution in [1.82, 2.24) is 5.32 Å². The van der Waals surface area contributed by atoms with Crippen LogP contribution in [0.3, 0.4) is 0 Å². The quantitative estimate of drug-likeness (QED) is 0.940. The smallest absolute Gasteiger partial charge is 0.154 e. The topological polar surface area (TPSA) is 46.2 Å². The minimum Gasteiger partial charge on any atom is -0.311 e. The van der Waals surface area contributed by atoms with Gasteiger partial charge in [-0.05, 0) is 29.2 Å². The number of hydrogen-bond acceptors (Lipinski definition) is 3. The zero-order valence-electron chi connectivity index (χ0n) is 11.4. The SMILES string of the molecule is O=S1(=O)CCCC1CNCc1cccc2ccccc12. The van der Waals surface area contributed by atoms with Crippen LogP contribution in [0.15, 0.2) is 42.5 Å². The van der Waals surface area contributed by atoms with Crippen molar-refractivity contribution in [1.29, 1.82) is 0 Å².